The van der Waals surface area contributed by atoms with E-state index in [1.807, 2.05) is 0 Å². The van der Waals surface area contributed by atoms with Gasteiger partial charge in [-0.2, -0.15) is 0 Å². The third-order valence-electron chi connectivity index (χ3n) is 4.96. The van der Waals surface area contributed by atoms with Crippen molar-refractivity contribution in [3.63, 3.8) is 0 Å². The van der Waals surface area contributed by atoms with E-state index in [0.29, 0.717) is 11.5 Å². The molecule has 19 heavy (non-hydrogen) atoms. The van der Waals surface area contributed by atoms with Crippen LogP contribution < -0.4 is 5.32 Å². The van der Waals surface area contributed by atoms with E-state index in [4.69, 9.17) is 0 Å². The summed E-state index contributed by atoms with van der Waals surface area (Å²) >= 11 is 0. The van der Waals surface area contributed by atoms with Gasteiger partial charge in [-0.25, -0.2) is 0 Å². The van der Waals surface area contributed by atoms with Gasteiger partial charge in [0.2, 0.25) is 0 Å². The normalized spacial score (nSPS) is 19.0. The van der Waals surface area contributed by atoms with E-state index in [-0.39, 0.29) is 0 Å². The highest BCUT2D eigenvalue weighted by Gasteiger charge is 2.35. The Balaban J connectivity index is 2.06. The van der Waals surface area contributed by atoms with Gasteiger partial charge in [0.1, 0.15) is 0 Å². The SMILES string of the molecule is CCC1(CNC(C)c2c(C)cc(C)nc2C)CCC1. The lowest BCUT2D eigenvalue weighted by molar-refractivity contribution is 0.120. The topological polar surface area (TPSA) is 24.9 Å². The van der Waals surface area contributed by atoms with E-state index >= 15 is 0 Å². The van der Waals surface area contributed by atoms with Crippen LogP contribution in [0.1, 0.15) is 68.1 Å². The lowest BCUT2D eigenvalue weighted by Crippen LogP contribution is -2.40. The van der Waals surface area contributed by atoms with Crippen molar-refractivity contribution in [2.75, 3.05) is 6.54 Å². The molecule has 1 unspecified atom stereocenters. The quantitative estimate of drug-likeness (QED) is 0.856. The summed E-state index contributed by atoms with van der Waals surface area (Å²) in [5.74, 6) is 0. The molecule has 1 aromatic rings. The van der Waals surface area contributed by atoms with Gasteiger partial charge in [-0.05, 0) is 69.6 Å². The van der Waals surface area contributed by atoms with Crippen LogP contribution >= 0.6 is 0 Å². The molecule has 1 aliphatic carbocycles. The minimum absolute atomic E-state index is 0.400. The van der Waals surface area contributed by atoms with Crippen molar-refractivity contribution in [1.29, 1.82) is 0 Å². The summed E-state index contributed by atoms with van der Waals surface area (Å²) in [5.41, 5.74) is 5.63. The van der Waals surface area contributed by atoms with E-state index in [2.05, 4.69) is 51.0 Å². The summed E-state index contributed by atoms with van der Waals surface area (Å²) in [5, 5.41) is 3.75. The maximum absolute atomic E-state index is 4.61. The van der Waals surface area contributed by atoms with Crippen LogP contribution in [-0.4, -0.2) is 11.5 Å². The molecule has 2 rings (SSSR count). The Labute approximate surface area is 118 Å². The fraction of sp³-hybridized carbons (Fsp3) is 0.706. The Morgan fingerprint density at radius 3 is 2.47 bits per heavy atom. The maximum Gasteiger partial charge on any atom is 0.0426 e. The molecular weight excluding hydrogens is 232 g/mol. The van der Waals surface area contributed by atoms with E-state index < -0.39 is 0 Å². The van der Waals surface area contributed by atoms with Gasteiger partial charge in [-0.3, -0.25) is 4.98 Å². The first kappa shape index (κ1) is 14.5. The molecule has 1 aromatic heterocycles. The van der Waals surface area contributed by atoms with Crippen LogP contribution in [-0.2, 0) is 0 Å². The number of rotatable bonds is 5. The average molecular weight is 260 g/mol. The van der Waals surface area contributed by atoms with Crippen LogP contribution in [0.2, 0.25) is 0 Å². The van der Waals surface area contributed by atoms with Gasteiger partial charge in [-0.1, -0.05) is 13.3 Å². The maximum atomic E-state index is 4.61. The van der Waals surface area contributed by atoms with Crippen molar-refractivity contribution in [2.24, 2.45) is 5.41 Å². The molecule has 106 valence electrons. The molecule has 1 saturated carbocycles. The molecule has 0 aromatic carbocycles. The molecule has 0 bridgehead atoms. The second-order valence-corrected chi connectivity index (χ2v) is 6.39. The van der Waals surface area contributed by atoms with Crippen LogP contribution in [0.15, 0.2) is 6.07 Å². The second kappa shape index (κ2) is 5.62. The van der Waals surface area contributed by atoms with Gasteiger partial charge < -0.3 is 5.32 Å². The van der Waals surface area contributed by atoms with Crippen molar-refractivity contribution < 1.29 is 0 Å². The zero-order chi connectivity index (χ0) is 14.0. The Hall–Kier alpha value is -0.890. The molecule has 1 heterocycles. The number of aromatic nitrogens is 1. The lowest BCUT2D eigenvalue weighted by Gasteiger charge is -2.42. The predicted molar refractivity (Wildman–Crippen MR) is 81.4 cm³/mol. The van der Waals surface area contributed by atoms with Crippen LogP contribution in [0.4, 0.5) is 0 Å². The van der Waals surface area contributed by atoms with Crippen molar-refractivity contribution in [2.45, 2.75) is 66.3 Å². The van der Waals surface area contributed by atoms with Crippen molar-refractivity contribution >= 4 is 0 Å². The molecule has 1 fully saturated rings. The summed E-state index contributed by atoms with van der Waals surface area (Å²) in [6, 6.07) is 2.59. The first-order chi connectivity index (χ1) is 8.97. The van der Waals surface area contributed by atoms with Crippen LogP contribution in [0.25, 0.3) is 0 Å². The smallest absolute Gasteiger partial charge is 0.0426 e. The molecule has 2 nitrogen and oxygen atoms in total. The van der Waals surface area contributed by atoms with Gasteiger partial charge in [0.25, 0.3) is 0 Å². The van der Waals surface area contributed by atoms with Crippen LogP contribution in [0.3, 0.4) is 0 Å². The molecule has 2 heteroatoms. The van der Waals surface area contributed by atoms with E-state index in [1.165, 1.54) is 42.5 Å². The monoisotopic (exact) mass is 260 g/mol. The minimum Gasteiger partial charge on any atom is -0.310 e. The highest BCUT2D eigenvalue weighted by molar-refractivity contribution is 5.33. The molecule has 1 aliphatic rings. The summed E-state index contributed by atoms with van der Waals surface area (Å²) in [7, 11) is 0. The first-order valence-electron chi connectivity index (χ1n) is 7.65. The second-order valence-electron chi connectivity index (χ2n) is 6.39. The Kier molecular flexibility index (Phi) is 4.29. The lowest BCUT2D eigenvalue weighted by atomic mass is 9.67. The highest BCUT2D eigenvalue weighted by Crippen LogP contribution is 2.43. The fourth-order valence-electron chi connectivity index (χ4n) is 3.49. The molecule has 1 N–H and O–H groups in total. The van der Waals surface area contributed by atoms with E-state index in [1.54, 1.807) is 0 Å². The van der Waals surface area contributed by atoms with Gasteiger partial charge in [0, 0.05) is 24.0 Å². The first-order valence-corrected chi connectivity index (χ1v) is 7.65. The van der Waals surface area contributed by atoms with Gasteiger partial charge in [0.05, 0.1) is 0 Å². The molecule has 0 spiro atoms. The average Bonchev–Trinajstić information content (AvgIpc) is 2.26. The van der Waals surface area contributed by atoms with Gasteiger partial charge in [-0.15, -0.1) is 0 Å². The molecule has 0 aliphatic heterocycles. The summed E-state index contributed by atoms with van der Waals surface area (Å²) < 4.78 is 0. The van der Waals surface area contributed by atoms with Crippen LogP contribution in [0, 0.1) is 26.2 Å². The highest BCUT2D eigenvalue weighted by atomic mass is 14.9. The largest absolute Gasteiger partial charge is 0.310 e. The van der Waals surface area contributed by atoms with E-state index in [9.17, 15) is 0 Å². The van der Waals surface area contributed by atoms with Gasteiger partial charge in [0.15, 0.2) is 0 Å². The Morgan fingerprint density at radius 1 is 1.32 bits per heavy atom. The zero-order valence-corrected chi connectivity index (χ0v) is 13.1. The minimum atomic E-state index is 0.400. The Bertz CT molecular complexity index is 418. The summed E-state index contributed by atoms with van der Waals surface area (Å²) in [4.78, 5) is 4.61. The molecule has 0 saturated heterocycles. The third-order valence-corrected chi connectivity index (χ3v) is 4.96. The van der Waals surface area contributed by atoms with Crippen LogP contribution in [0.5, 0.6) is 0 Å². The fourth-order valence-corrected chi connectivity index (χ4v) is 3.49. The number of nitrogens with zero attached hydrogens (tertiary/aromatic N) is 1. The molecule has 1 atom stereocenters. The Morgan fingerprint density at radius 2 is 2.00 bits per heavy atom. The van der Waals surface area contributed by atoms with Gasteiger partial charge >= 0.3 is 0 Å². The van der Waals surface area contributed by atoms with Crippen molar-refractivity contribution in [3.05, 3.63) is 28.6 Å². The number of hydrogen-bond donors (Lipinski definition) is 1. The van der Waals surface area contributed by atoms with Crippen molar-refractivity contribution in [1.82, 2.24) is 10.3 Å². The number of hydrogen-bond acceptors (Lipinski definition) is 2. The standard InChI is InChI=1S/C17H28N2/c1-6-17(8-7-9-17)11-18-14(4)16-12(2)10-13(3)19-15(16)5/h10,14,18H,6-9,11H2,1-5H3. The van der Waals surface area contributed by atoms with E-state index in [0.717, 1.165) is 12.2 Å². The third kappa shape index (κ3) is 3.00. The zero-order valence-electron chi connectivity index (χ0n) is 13.1. The summed E-state index contributed by atoms with van der Waals surface area (Å²) in [6.45, 7) is 12.2. The molecular formula is C17H28N2. The molecule has 0 radical (unpaired) electrons. The van der Waals surface area contributed by atoms with Crippen molar-refractivity contribution in [3.8, 4) is 0 Å². The number of aryl methyl sites for hydroxylation is 3. The predicted octanol–water partition coefficient (Wildman–Crippen LogP) is 4.24. The molecule has 0 amide bonds. The number of nitrogens with one attached hydrogen (secondary N) is 1. The number of pyridine rings is 1. The summed E-state index contributed by atoms with van der Waals surface area (Å²) in [6.07, 6.45) is 5.51.